The highest BCUT2D eigenvalue weighted by Crippen LogP contribution is 2.21. The van der Waals surface area contributed by atoms with Crippen molar-refractivity contribution in [1.82, 2.24) is 15.3 Å². The van der Waals surface area contributed by atoms with Crippen molar-refractivity contribution in [2.24, 2.45) is 0 Å². The molecule has 1 aliphatic carbocycles. The summed E-state index contributed by atoms with van der Waals surface area (Å²) in [6.45, 7) is 1.65. The normalized spacial score (nSPS) is 15.3. The second-order valence-corrected chi connectivity index (χ2v) is 6.05. The molecule has 1 fully saturated rings. The fourth-order valence-corrected chi connectivity index (χ4v) is 3.01. The molecule has 5 nitrogen and oxygen atoms in total. The van der Waals surface area contributed by atoms with Gasteiger partial charge >= 0.3 is 0 Å². The molecule has 1 aliphatic rings. The summed E-state index contributed by atoms with van der Waals surface area (Å²) in [6, 6.07) is 9.64. The number of nitrogens with one attached hydrogen (secondary N) is 2. The van der Waals surface area contributed by atoms with Gasteiger partial charge in [-0.1, -0.05) is 49.6 Å². The molecule has 0 saturated heterocycles. The SMILES string of the molecule is Cc1nc(-c2ccccc2)c(C(=O)NC2CCCCC2)[nH]c1=O. The summed E-state index contributed by atoms with van der Waals surface area (Å²) in [7, 11) is 0. The van der Waals surface area contributed by atoms with Gasteiger partial charge in [0.25, 0.3) is 11.5 Å². The van der Waals surface area contributed by atoms with Crippen molar-refractivity contribution >= 4 is 5.91 Å². The second-order valence-electron chi connectivity index (χ2n) is 6.05. The van der Waals surface area contributed by atoms with Crippen LogP contribution < -0.4 is 10.9 Å². The lowest BCUT2D eigenvalue weighted by molar-refractivity contribution is 0.0922. The van der Waals surface area contributed by atoms with Gasteiger partial charge in [0.2, 0.25) is 0 Å². The number of benzene rings is 1. The van der Waals surface area contributed by atoms with E-state index in [1.165, 1.54) is 6.42 Å². The van der Waals surface area contributed by atoms with Gasteiger partial charge < -0.3 is 10.3 Å². The van der Waals surface area contributed by atoms with Crippen LogP contribution in [0.2, 0.25) is 0 Å². The average molecular weight is 311 g/mol. The van der Waals surface area contributed by atoms with Gasteiger partial charge in [-0.05, 0) is 19.8 Å². The summed E-state index contributed by atoms with van der Waals surface area (Å²) >= 11 is 0. The highest BCUT2D eigenvalue weighted by atomic mass is 16.2. The molecule has 0 aliphatic heterocycles. The molecule has 23 heavy (non-hydrogen) atoms. The molecule has 1 aromatic heterocycles. The number of hydrogen-bond acceptors (Lipinski definition) is 3. The number of nitrogens with zero attached hydrogens (tertiary/aromatic N) is 1. The molecular weight excluding hydrogens is 290 g/mol. The first kappa shape index (κ1) is 15.5. The Morgan fingerprint density at radius 1 is 1.17 bits per heavy atom. The topological polar surface area (TPSA) is 74.8 Å². The fourth-order valence-electron chi connectivity index (χ4n) is 3.01. The molecule has 0 atom stereocenters. The number of amides is 1. The van der Waals surface area contributed by atoms with Crippen molar-refractivity contribution in [3.05, 3.63) is 52.1 Å². The van der Waals surface area contributed by atoms with Gasteiger partial charge in [-0.25, -0.2) is 4.98 Å². The number of carbonyl (C=O) groups excluding carboxylic acids is 1. The van der Waals surface area contributed by atoms with Crippen LogP contribution in [0, 0.1) is 6.92 Å². The van der Waals surface area contributed by atoms with E-state index in [-0.39, 0.29) is 23.2 Å². The van der Waals surface area contributed by atoms with Gasteiger partial charge in [0.1, 0.15) is 11.4 Å². The molecule has 2 aromatic rings. The summed E-state index contributed by atoms with van der Waals surface area (Å²) < 4.78 is 0. The predicted molar refractivity (Wildman–Crippen MR) is 89.4 cm³/mol. The van der Waals surface area contributed by atoms with Crippen LogP contribution in [0.25, 0.3) is 11.3 Å². The Morgan fingerprint density at radius 3 is 2.57 bits per heavy atom. The van der Waals surface area contributed by atoms with Gasteiger partial charge in [0.15, 0.2) is 0 Å². The van der Waals surface area contributed by atoms with Gasteiger partial charge in [0, 0.05) is 11.6 Å². The lowest BCUT2D eigenvalue weighted by Gasteiger charge is -2.23. The Labute approximate surface area is 135 Å². The van der Waals surface area contributed by atoms with E-state index >= 15 is 0 Å². The first-order chi connectivity index (χ1) is 11.1. The van der Waals surface area contributed by atoms with Crippen molar-refractivity contribution in [3.63, 3.8) is 0 Å². The summed E-state index contributed by atoms with van der Waals surface area (Å²) in [5.41, 5.74) is 1.63. The van der Waals surface area contributed by atoms with E-state index in [9.17, 15) is 9.59 Å². The molecule has 0 unspecified atom stereocenters. The van der Waals surface area contributed by atoms with Crippen molar-refractivity contribution in [2.75, 3.05) is 0 Å². The maximum atomic E-state index is 12.6. The minimum absolute atomic E-state index is 0.185. The standard InChI is InChI=1S/C18H21N3O2/c1-12-17(22)21-16(15(19-12)13-8-4-2-5-9-13)18(23)20-14-10-6-3-7-11-14/h2,4-5,8-9,14H,3,6-7,10-11H2,1H3,(H,20,23)(H,21,22). The van der Waals surface area contributed by atoms with E-state index in [4.69, 9.17) is 0 Å². The third kappa shape index (κ3) is 3.50. The molecule has 1 heterocycles. The van der Waals surface area contributed by atoms with E-state index in [2.05, 4.69) is 15.3 Å². The van der Waals surface area contributed by atoms with Crippen molar-refractivity contribution in [1.29, 1.82) is 0 Å². The van der Waals surface area contributed by atoms with Crippen LogP contribution in [-0.4, -0.2) is 21.9 Å². The van der Waals surface area contributed by atoms with Crippen LogP contribution >= 0.6 is 0 Å². The van der Waals surface area contributed by atoms with E-state index in [0.717, 1.165) is 31.2 Å². The number of aryl methyl sites for hydroxylation is 1. The lowest BCUT2D eigenvalue weighted by Crippen LogP contribution is -2.38. The number of H-pyrrole nitrogens is 1. The molecule has 1 saturated carbocycles. The van der Waals surface area contributed by atoms with Crippen LogP contribution in [-0.2, 0) is 0 Å². The third-order valence-corrected chi connectivity index (χ3v) is 4.30. The van der Waals surface area contributed by atoms with E-state index in [1.54, 1.807) is 6.92 Å². The second kappa shape index (κ2) is 6.77. The smallest absolute Gasteiger partial charge is 0.270 e. The van der Waals surface area contributed by atoms with Gasteiger partial charge in [0.05, 0.1) is 5.69 Å². The zero-order valence-electron chi connectivity index (χ0n) is 13.3. The van der Waals surface area contributed by atoms with Gasteiger partial charge in [-0.15, -0.1) is 0 Å². The Kier molecular flexibility index (Phi) is 4.55. The molecule has 0 bridgehead atoms. The molecule has 0 radical (unpaired) electrons. The highest BCUT2D eigenvalue weighted by Gasteiger charge is 2.21. The van der Waals surface area contributed by atoms with E-state index in [0.29, 0.717) is 11.4 Å². The molecular formula is C18H21N3O2. The number of aromatic amines is 1. The Hall–Kier alpha value is -2.43. The van der Waals surface area contributed by atoms with Crippen molar-refractivity contribution in [3.8, 4) is 11.3 Å². The van der Waals surface area contributed by atoms with E-state index in [1.807, 2.05) is 30.3 Å². The summed E-state index contributed by atoms with van der Waals surface area (Å²) in [5, 5.41) is 3.04. The number of carbonyl (C=O) groups is 1. The molecule has 2 N–H and O–H groups in total. The predicted octanol–water partition coefficient (Wildman–Crippen LogP) is 2.81. The van der Waals surface area contributed by atoms with E-state index < -0.39 is 0 Å². The Balaban J connectivity index is 1.95. The molecule has 0 spiro atoms. The van der Waals surface area contributed by atoms with Crippen molar-refractivity contribution < 1.29 is 4.79 Å². The van der Waals surface area contributed by atoms with Crippen LogP contribution in [0.1, 0.15) is 48.3 Å². The molecule has 1 amide bonds. The molecule has 120 valence electrons. The highest BCUT2D eigenvalue weighted by molar-refractivity contribution is 5.98. The Bertz CT molecular complexity index is 747. The average Bonchev–Trinajstić information content (AvgIpc) is 2.58. The van der Waals surface area contributed by atoms with Crippen LogP contribution in [0.15, 0.2) is 35.1 Å². The van der Waals surface area contributed by atoms with Gasteiger partial charge in [-0.3, -0.25) is 9.59 Å². The zero-order chi connectivity index (χ0) is 16.2. The molecule has 3 rings (SSSR count). The largest absolute Gasteiger partial charge is 0.348 e. The van der Waals surface area contributed by atoms with Crippen LogP contribution in [0.3, 0.4) is 0 Å². The quantitative estimate of drug-likeness (QED) is 0.915. The van der Waals surface area contributed by atoms with Crippen molar-refractivity contribution in [2.45, 2.75) is 45.1 Å². The fraction of sp³-hybridized carbons (Fsp3) is 0.389. The lowest BCUT2D eigenvalue weighted by atomic mass is 9.95. The maximum absolute atomic E-state index is 12.6. The van der Waals surface area contributed by atoms with Crippen LogP contribution in [0.4, 0.5) is 0 Å². The zero-order valence-corrected chi connectivity index (χ0v) is 13.3. The first-order valence-corrected chi connectivity index (χ1v) is 8.12. The third-order valence-electron chi connectivity index (χ3n) is 4.30. The molecule has 1 aromatic carbocycles. The number of aromatic nitrogens is 2. The number of rotatable bonds is 3. The maximum Gasteiger partial charge on any atom is 0.270 e. The minimum atomic E-state index is -0.321. The first-order valence-electron chi connectivity index (χ1n) is 8.12. The number of hydrogen-bond donors (Lipinski definition) is 2. The summed E-state index contributed by atoms with van der Waals surface area (Å²) in [5.74, 6) is -0.250. The monoisotopic (exact) mass is 311 g/mol. The Morgan fingerprint density at radius 2 is 1.87 bits per heavy atom. The minimum Gasteiger partial charge on any atom is -0.348 e. The van der Waals surface area contributed by atoms with Gasteiger partial charge in [-0.2, -0.15) is 0 Å². The summed E-state index contributed by atoms with van der Waals surface area (Å²) in [6.07, 6.45) is 5.49. The van der Waals surface area contributed by atoms with Crippen LogP contribution in [0.5, 0.6) is 0 Å². The summed E-state index contributed by atoms with van der Waals surface area (Å²) in [4.78, 5) is 31.6. The molecule has 5 heteroatoms.